The van der Waals surface area contributed by atoms with Crippen molar-refractivity contribution in [3.05, 3.63) is 42.0 Å². The Morgan fingerprint density at radius 2 is 1.94 bits per heavy atom. The lowest BCUT2D eigenvalue weighted by Crippen LogP contribution is -2.50. The van der Waals surface area contributed by atoms with Crippen molar-refractivity contribution >= 4 is 11.6 Å². The Hall–Kier alpha value is -1.77. The lowest BCUT2D eigenvalue weighted by Gasteiger charge is -2.34. The van der Waals surface area contributed by atoms with Crippen molar-refractivity contribution in [2.45, 2.75) is 19.0 Å². The number of carbonyl (C=O) groups excluding carboxylic acids is 1. The van der Waals surface area contributed by atoms with Crippen molar-refractivity contribution < 1.29 is 4.79 Å². The van der Waals surface area contributed by atoms with E-state index in [-0.39, 0.29) is 12.1 Å². The molecule has 4 atom stereocenters. The van der Waals surface area contributed by atoms with Gasteiger partial charge in [-0.15, -0.1) is 0 Å². The summed E-state index contributed by atoms with van der Waals surface area (Å²) in [5, 5.41) is 6.60. The van der Waals surface area contributed by atoms with E-state index in [1.165, 1.54) is 12.8 Å². The summed E-state index contributed by atoms with van der Waals surface area (Å²) in [7, 11) is 0. The van der Waals surface area contributed by atoms with Crippen LogP contribution in [0.15, 0.2) is 36.4 Å². The molecule has 3 nitrogen and oxygen atoms in total. The highest BCUT2D eigenvalue weighted by molar-refractivity contribution is 6.01. The molecule has 1 aromatic rings. The van der Waals surface area contributed by atoms with Gasteiger partial charge in [0.1, 0.15) is 6.17 Å². The molecule has 2 bridgehead atoms. The molecule has 2 aliphatic carbocycles. The van der Waals surface area contributed by atoms with E-state index in [1.807, 2.05) is 24.3 Å². The Kier molecular flexibility index (Phi) is 2.04. The number of fused-ring (bicyclic) bond motifs is 3. The zero-order valence-electron chi connectivity index (χ0n) is 10.1. The molecule has 0 unspecified atom stereocenters. The van der Waals surface area contributed by atoms with Gasteiger partial charge in [-0.1, -0.05) is 24.3 Å². The molecule has 18 heavy (non-hydrogen) atoms. The van der Waals surface area contributed by atoms with Crippen LogP contribution in [-0.4, -0.2) is 12.1 Å². The van der Waals surface area contributed by atoms with E-state index in [2.05, 4.69) is 22.8 Å². The van der Waals surface area contributed by atoms with Crippen molar-refractivity contribution in [3.8, 4) is 0 Å². The molecule has 1 saturated carbocycles. The number of carbonyl (C=O) groups is 1. The van der Waals surface area contributed by atoms with Crippen LogP contribution in [0.4, 0.5) is 5.69 Å². The number of hydrogen-bond acceptors (Lipinski definition) is 2. The maximum absolute atomic E-state index is 12.1. The third-order valence-electron chi connectivity index (χ3n) is 4.53. The predicted octanol–water partition coefficient (Wildman–Crippen LogP) is 2.38. The monoisotopic (exact) mass is 240 g/mol. The second-order valence-electron chi connectivity index (χ2n) is 5.59. The van der Waals surface area contributed by atoms with Gasteiger partial charge in [-0.25, -0.2) is 0 Å². The minimum absolute atomic E-state index is 0.0566. The number of benzene rings is 1. The van der Waals surface area contributed by atoms with E-state index in [1.54, 1.807) is 0 Å². The predicted molar refractivity (Wildman–Crippen MR) is 70.2 cm³/mol. The molecule has 4 rings (SSSR count). The highest BCUT2D eigenvalue weighted by Gasteiger charge is 2.42. The van der Waals surface area contributed by atoms with Crippen LogP contribution in [0.3, 0.4) is 0 Å². The molecule has 3 aliphatic rings. The maximum Gasteiger partial charge on any atom is 0.254 e. The minimum atomic E-state index is 0.0566. The summed E-state index contributed by atoms with van der Waals surface area (Å²) in [6.07, 6.45) is 7.21. The lowest BCUT2D eigenvalue weighted by molar-refractivity contribution is 0.0917. The van der Waals surface area contributed by atoms with Crippen LogP contribution in [0.5, 0.6) is 0 Å². The Labute approximate surface area is 106 Å². The first-order valence-corrected chi connectivity index (χ1v) is 6.66. The molecule has 0 saturated heterocycles. The zero-order chi connectivity index (χ0) is 12.1. The molecule has 0 spiro atoms. The average Bonchev–Trinajstić information content (AvgIpc) is 3.01. The van der Waals surface area contributed by atoms with Crippen LogP contribution in [0.2, 0.25) is 0 Å². The van der Waals surface area contributed by atoms with Gasteiger partial charge >= 0.3 is 0 Å². The molecular weight excluding hydrogens is 224 g/mol. The van der Waals surface area contributed by atoms with Gasteiger partial charge in [-0.3, -0.25) is 4.79 Å². The van der Waals surface area contributed by atoms with Crippen LogP contribution in [0.1, 0.15) is 23.2 Å². The summed E-state index contributed by atoms with van der Waals surface area (Å²) >= 11 is 0. The van der Waals surface area contributed by atoms with Gasteiger partial charge in [0.2, 0.25) is 0 Å². The first-order valence-electron chi connectivity index (χ1n) is 6.66. The van der Waals surface area contributed by atoms with Crippen LogP contribution >= 0.6 is 0 Å². The second kappa shape index (κ2) is 3.61. The van der Waals surface area contributed by atoms with Crippen LogP contribution < -0.4 is 10.6 Å². The van der Waals surface area contributed by atoms with Crippen molar-refractivity contribution in [2.24, 2.45) is 17.8 Å². The number of anilines is 1. The average molecular weight is 240 g/mol. The van der Waals surface area contributed by atoms with Crippen molar-refractivity contribution in [3.63, 3.8) is 0 Å². The van der Waals surface area contributed by atoms with Crippen molar-refractivity contribution in [1.82, 2.24) is 5.32 Å². The van der Waals surface area contributed by atoms with Gasteiger partial charge in [-0.05, 0) is 36.8 Å². The first kappa shape index (κ1) is 10.2. The van der Waals surface area contributed by atoms with Crippen LogP contribution in [-0.2, 0) is 0 Å². The number of rotatable bonds is 1. The van der Waals surface area contributed by atoms with Crippen molar-refractivity contribution in [1.29, 1.82) is 0 Å². The molecule has 1 aliphatic heterocycles. The van der Waals surface area contributed by atoms with Crippen molar-refractivity contribution in [2.75, 3.05) is 5.32 Å². The number of nitrogens with one attached hydrogen (secondary N) is 2. The number of amides is 1. The molecule has 1 heterocycles. The Bertz CT molecular complexity index is 537. The molecule has 1 amide bonds. The Balaban J connectivity index is 1.63. The fourth-order valence-corrected chi connectivity index (χ4v) is 3.65. The van der Waals surface area contributed by atoms with Crippen LogP contribution in [0, 0.1) is 17.8 Å². The van der Waals surface area contributed by atoms with Crippen LogP contribution in [0.25, 0.3) is 0 Å². The molecule has 1 aromatic carbocycles. The normalized spacial score (nSPS) is 36.1. The van der Waals surface area contributed by atoms with E-state index < -0.39 is 0 Å². The molecule has 0 aromatic heterocycles. The van der Waals surface area contributed by atoms with Gasteiger partial charge in [0.15, 0.2) is 0 Å². The van der Waals surface area contributed by atoms with E-state index in [4.69, 9.17) is 0 Å². The molecule has 1 fully saturated rings. The minimum Gasteiger partial charge on any atom is -0.364 e. The lowest BCUT2D eigenvalue weighted by atomic mass is 9.89. The first-order chi connectivity index (χ1) is 8.81. The summed E-state index contributed by atoms with van der Waals surface area (Å²) in [5.41, 5.74) is 1.73. The standard InChI is InChI=1S/C15H16N2O/c18-15-11-3-1-2-4-13(11)16-14(17-15)12-8-9-5-6-10(12)7-9/h1-6,9-10,12,14,16H,7-8H2,(H,17,18)/t9-,10-,12+,14-/m0/s1. The zero-order valence-corrected chi connectivity index (χ0v) is 10.1. The largest absolute Gasteiger partial charge is 0.364 e. The van der Waals surface area contributed by atoms with Gasteiger partial charge < -0.3 is 10.6 Å². The second-order valence-corrected chi connectivity index (χ2v) is 5.59. The van der Waals surface area contributed by atoms with Gasteiger partial charge in [0.05, 0.1) is 5.56 Å². The quantitative estimate of drug-likeness (QED) is 0.740. The fraction of sp³-hybridized carbons (Fsp3) is 0.400. The maximum atomic E-state index is 12.1. The summed E-state index contributed by atoms with van der Waals surface area (Å²) < 4.78 is 0. The molecule has 92 valence electrons. The summed E-state index contributed by atoms with van der Waals surface area (Å²) in [5.74, 6) is 1.97. The Morgan fingerprint density at radius 1 is 1.06 bits per heavy atom. The number of hydrogen-bond donors (Lipinski definition) is 2. The topological polar surface area (TPSA) is 41.1 Å². The molecule has 0 radical (unpaired) electrons. The smallest absolute Gasteiger partial charge is 0.254 e. The summed E-state index contributed by atoms with van der Waals surface area (Å²) in [6.45, 7) is 0. The number of allylic oxidation sites excluding steroid dienone is 2. The fourth-order valence-electron chi connectivity index (χ4n) is 3.65. The van der Waals surface area contributed by atoms with Gasteiger partial charge in [-0.2, -0.15) is 0 Å². The van der Waals surface area contributed by atoms with E-state index >= 15 is 0 Å². The molecular formula is C15H16N2O. The SMILES string of the molecule is O=C1N[C@@H]([C@@H]2C[C@H]3C=C[C@H]2C3)Nc2ccccc21. The summed E-state index contributed by atoms with van der Waals surface area (Å²) in [4.78, 5) is 12.1. The number of para-hydroxylation sites is 1. The Morgan fingerprint density at radius 3 is 2.72 bits per heavy atom. The van der Waals surface area contributed by atoms with E-state index in [9.17, 15) is 4.79 Å². The molecule has 3 heteroatoms. The highest BCUT2D eigenvalue weighted by atomic mass is 16.2. The van der Waals surface area contributed by atoms with E-state index in [0.29, 0.717) is 11.8 Å². The highest BCUT2D eigenvalue weighted by Crippen LogP contribution is 2.45. The summed E-state index contributed by atoms with van der Waals surface area (Å²) in [6, 6.07) is 7.74. The van der Waals surface area contributed by atoms with Gasteiger partial charge in [0, 0.05) is 11.6 Å². The van der Waals surface area contributed by atoms with Gasteiger partial charge in [0.25, 0.3) is 5.91 Å². The third-order valence-corrected chi connectivity index (χ3v) is 4.53. The molecule has 2 N–H and O–H groups in total. The van der Waals surface area contributed by atoms with E-state index in [0.717, 1.165) is 17.2 Å². The third kappa shape index (κ3) is 1.40.